The molecule has 0 aliphatic rings. The van der Waals surface area contributed by atoms with Crippen LogP contribution in [0.4, 0.5) is 0 Å². The van der Waals surface area contributed by atoms with Gasteiger partial charge >= 0.3 is 5.97 Å². The minimum Gasteiger partial charge on any atom is -0.481 e. The summed E-state index contributed by atoms with van der Waals surface area (Å²) in [7, 11) is 0. The molecule has 2 N–H and O–H groups in total. The lowest BCUT2D eigenvalue weighted by Crippen LogP contribution is -2.25. The van der Waals surface area contributed by atoms with Crippen molar-refractivity contribution in [3.05, 3.63) is 10.4 Å². The van der Waals surface area contributed by atoms with Crippen LogP contribution in [-0.4, -0.2) is 110 Å². The van der Waals surface area contributed by atoms with E-state index < -0.39 is 5.97 Å². The Balaban J connectivity index is 3.01. The molecule has 12 nitrogen and oxygen atoms in total. The molecule has 0 aromatic rings. The Morgan fingerprint density at radius 3 is 1.59 bits per heavy atom. The maximum Gasteiger partial charge on any atom is 0.305 e. The lowest BCUT2D eigenvalue weighted by molar-refractivity contribution is -0.138. The van der Waals surface area contributed by atoms with Gasteiger partial charge in [-0.1, -0.05) is 5.11 Å². The summed E-state index contributed by atoms with van der Waals surface area (Å²) in [4.78, 5) is 12.9. The molecule has 0 aliphatic carbocycles. The van der Waals surface area contributed by atoms with Gasteiger partial charge in [0.15, 0.2) is 0 Å². The predicted octanol–water partition coefficient (Wildman–Crippen LogP) is 0.461. The third-order valence-corrected chi connectivity index (χ3v) is 3.19. The molecule has 0 aromatic heterocycles. The molecule has 0 bridgehead atoms. The quantitative estimate of drug-likeness (QED) is 0.0977. The van der Waals surface area contributed by atoms with E-state index in [9.17, 15) is 4.79 Å². The average Bonchev–Trinajstić information content (AvgIpc) is 2.71. The van der Waals surface area contributed by atoms with Crippen LogP contribution in [0.3, 0.4) is 0 Å². The summed E-state index contributed by atoms with van der Waals surface area (Å²) in [6.07, 6.45) is 0.00405. The Bertz CT molecular complexity index is 389. The number of carbonyl (C=O) groups is 1. The summed E-state index contributed by atoms with van der Waals surface area (Å²) in [5, 5.41) is 15.0. The molecule has 0 saturated carbocycles. The van der Waals surface area contributed by atoms with Gasteiger partial charge in [0.1, 0.15) is 0 Å². The fourth-order valence-corrected chi connectivity index (χ4v) is 1.81. The van der Waals surface area contributed by atoms with Gasteiger partial charge in [-0.2, -0.15) is 0 Å². The second-order valence-electron chi connectivity index (χ2n) is 5.52. The van der Waals surface area contributed by atoms with Gasteiger partial charge in [-0.3, -0.25) is 4.79 Å². The maximum atomic E-state index is 10.3. The van der Waals surface area contributed by atoms with E-state index in [1.54, 1.807) is 0 Å². The summed E-state index contributed by atoms with van der Waals surface area (Å²) in [6, 6.07) is 0. The molecule has 0 aliphatic heterocycles. The number of nitrogens with one attached hydrogen (secondary N) is 1. The third-order valence-electron chi connectivity index (χ3n) is 3.19. The fourth-order valence-electron chi connectivity index (χ4n) is 1.81. The van der Waals surface area contributed by atoms with Crippen molar-refractivity contribution < 1.29 is 38.3 Å². The van der Waals surface area contributed by atoms with E-state index in [4.69, 9.17) is 39.1 Å². The van der Waals surface area contributed by atoms with Gasteiger partial charge in [0.25, 0.3) is 0 Å². The molecule has 0 fully saturated rings. The van der Waals surface area contributed by atoms with Crippen LogP contribution in [0.25, 0.3) is 10.4 Å². The van der Waals surface area contributed by atoms with E-state index >= 15 is 0 Å². The van der Waals surface area contributed by atoms with Crippen molar-refractivity contribution in [2.24, 2.45) is 5.11 Å². The number of hydrogen-bond donors (Lipinski definition) is 2. The molecular weight excluding hydrogens is 388 g/mol. The molecule has 0 rings (SSSR count). The third kappa shape index (κ3) is 26.5. The topological polar surface area (TPSA) is 153 Å². The van der Waals surface area contributed by atoms with E-state index in [1.165, 1.54) is 0 Å². The molecule has 0 aromatic carbocycles. The zero-order chi connectivity index (χ0) is 21.3. The lowest BCUT2D eigenvalue weighted by atomic mass is 10.5. The van der Waals surface area contributed by atoms with Crippen molar-refractivity contribution in [3.63, 3.8) is 0 Å². The standard InChI is InChI=1S/C17H34N4O8/c18-21-20-4-8-27-11-10-25-6-2-19-3-7-26-12-14-29-16-15-28-13-9-24-5-1-17(22)23/h19H,1-16H2,(H,22,23). The Morgan fingerprint density at radius 2 is 1.14 bits per heavy atom. The Kier molecular flexibility index (Phi) is 23.3. The van der Waals surface area contributed by atoms with Crippen LogP contribution in [0.5, 0.6) is 0 Å². The predicted molar refractivity (Wildman–Crippen MR) is 104 cm³/mol. The van der Waals surface area contributed by atoms with E-state index in [0.29, 0.717) is 79.2 Å². The number of hydrogen-bond acceptors (Lipinski definition) is 9. The maximum absolute atomic E-state index is 10.3. The number of carboxylic acids is 1. The average molecular weight is 422 g/mol. The Labute approximate surface area is 171 Å². The van der Waals surface area contributed by atoms with E-state index in [-0.39, 0.29) is 13.0 Å². The van der Waals surface area contributed by atoms with Gasteiger partial charge in [-0.05, 0) is 5.53 Å². The van der Waals surface area contributed by atoms with Crippen LogP contribution in [-0.2, 0) is 33.2 Å². The zero-order valence-electron chi connectivity index (χ0n) is 17.0. The van der Waals surface area contributed by atoms with Crippen LogP contribution >= 0.6 is 0 Å². The zero-order valence-corrected chi connectivity index (χ0v) is 17.0. The van der Waals surface area contributed by atoms with E-state index in [2.05, 4.69) is 15.3 Å². The number of carboxylic acid groups (broad SMARTS) is 1. The van der Waals surface area contributed by atoms with Crippen LogP contribution in [0, 0.1) is 0 Å². The first kappa shape index (κ1) is 27.5. The molecule has 170 valence electrons. The van der Waals surface area contributed by atoms with Gasteiger partial charge < -0.3 is 38.8 Å². The molecule has 0 spiro atoms. The number of ether oxygens (including phenoxy) is 6. The first-order chi connectivity index (χ1) is 14.3. The lowest BCUT2D eigenvalue weighted by Gasteiger charge is -2.08. The highest BCUT2D eigenvalue weighted by Crippen LogP contribution is 1.85. The molecule has 0 saturated heterocycles. The van der Waals surface area contributed by atoms with Gasteiger partial charge in [0, 0.05) is 24.5 Å². The van der Waals surface area contributed by atoms with Crippen molar-refractivity contribution in [3.8, 4) is 0 Å². The highest BCUT2D eigenvalue weighted by Gasteiger charge is 1.96. The minimum atomic E-state index is -0.871. The Hall–Kier alpha value is -1.50. The van der Waals surface area contributed by atoms with Crippen LogP contribution < -0.4 is 5.32 Å². The van der Waals surface area contributed by atoms with Gasteiger partial charge in [-0.25, -0.2) is 0 Å². The van der Waals surface area contributed by atoms with Crippen LogP contribution in [0.1, 0.15) is 6.42 Å². The summed E-state index contributed by atoms with van der Waals surface area (Å²) in [6.45, 7) is 7.33. The van der Waals surface area contributed by atoms with E-state index in [0.717, 1.165) is 13.1 Å². The molecule has 0 radical (unpaired) electrons. The molecule has 0 atom stereocenters. The highest BCUT2D eigenvalue weighted by molar-refractivity contribution is 5.66. The largest absolute Gasteiger partial charge is 0.481 e. The van der Waals surface area contributed by atoms with Gasteiger partial charge in [0.2, 0.25) is 0 Å². The summed E-state index contributed by atoms with van der Waals surface area (Å²) in [5.74, 6) is -0.871. The molecular formula is C17H34N4O8. The molecule has 0 amide bonds. The first-order valence-electron chi connectivity index (χ1n) is 9.67. The molecule has 0 heterocycles. The van der Waals surface area contributed by atoms with Gasteiger partial charge in [0.05, 0.1) is 85.7 Å². The van der Waals surface area contributed by atoms with Crippen molar-refractivity contribution in [2.45, 2.75) is 6.42 Å². The van der Waals surface area contributed by atoms with Crippen molar-refractivity contribution in [1.82, 2.24) is 5.32 Å². The summed E-state index contributed by atoms with van der Waals surface area (Å²) in [5.41, 5.74) is 8.09. The highest BCUT2D eigenvalue weighted by atomic mass is 16.6. The summed E-state index contributed by atoms with van der Waals surface area (Å²) >= 11 is 0. The molecule has 0 unspecified atom stereocenters. The van der Waals surface area contributed by atoms with Crippen LogP contribution in [0.15, 0.2) is 5.11 Å². The second-order valence-corrected chi connectivity index (χ2v) is 5.52. The number of rotatable bonds is 24. The SMILES string of the molecule is [N-]=[N+]=NCCOCCOCCNCCOCCOCCOCCOCCC(=O)O. The number of azide groups is 1. The van der Waals surface area contributed by atoms with Crippen LogP contribution in [0.2, 0.25) is 0 Å². The van der Waals surface area contributed by atoms with E-state index in [1.807, 2.05) is 0 Å². The molecule has 12 heteroatoms. The normalized spacial score (nSPS) is 10.8. The summed E-state index contributed by atoms with van der Waals surface area (Å²) < 4.78 is 31.7. The Morgan fingerprint density at radius 1 is 0.724 bits per heavy atom. The van der Waals surface area contributed by atoms with Crippen molar-refractivity contribution in [2.75, 3.05) is 98.9 Å². The first-order valence-corrected chi connectivity index (χ1v) is 9.67. The smallest absolute Gasteiger partial charge is 0.305 e. The van der Waals surface area contributed by atoms with Crippen molar-refractivity contribution in [1.29, 1.82) is 0 Å². The fraction of sp³-hybridized carbons (Fsp3) is 0.941. The monoisotopic (exact) mass is 422 g/mol. The van der Waals surface area contributed by atoms with Crippen molar-refractivity contribution >= 4 is 5.97 Å². The van der Waals surface area contributed by atoms with Gasteiger partial charge in [-0.15, -0.1) is 0 Å². The molecule has 29 heavy (non-hydrogen) atoms. The number of aliphatic carboxylic acids is 1. The second kappa shape index (κ2) is 24.5. The minimum absolute atomic E-state index is 0.00405. The number of nitrogens with zero attached hydrogens (tertiary/aromatic N) is 3.